The zero-order valence-corrected chi connectivity index (χ0v) is 17.0. The number of hydrogen-bond acceptors (Lipinski definition) is 7. The van der Waals surface area contributed by atoms with Gasteiger partial charge in [-0.3, -0.25) is 19.8 Å². The van der Waals surface area contributed by atoms with E-state index in [4.69, 9.17) is 16.3 Å². The van der Waals surface area contributed by atoms with E-state index >= 15 is 0 Å². The van der Waals surface area contributed by atoms with Crippen LogP contribution in [0.2, 0.25) is 0 Å². The molecule has 1 aromatic carbocycles. The molecule has 0 radical (unpaired) electrons. The molecule has 0 aliphatic heterocycles. The molecular weight excluding hydrogens is 412 g/mol. The van der Waals surface area contributed by atoms with Crippen molar-refractivity contribution < 1.29 is 8.42 Å². The van der Waals surface area contributed by atoms with Crippen molar-refractivity contribution in [3.05, 3.63) is 70.3 Å². The van der Waals surface area contributed by atoms with Gasteiger partial charge in [0.15, 0.2) is 0 Å². The zero-order chi connectivity index (χ0) is 21.2. The van der Waals surface area contributed by atoms with E-state index < -0.39 is 15.6 Å². The molecule has 0 amide bonds. The average Bonchev–Trinajstić information content (AvgIpc) is 2.69. The highest BCUT2D eigenvalue weighted by Crippen LogP contribution is 2.22. The SMILES string of the molecule is CSc1nc(-c2ccncc2)n(Cc2ccc(S(N)(=O)=O)cc2)c(=O)c1C(=N)N. The van der Waals surface area contributed by atoms with E-state index in [2.05, 4.69) is 9.97 Å². The Hall–Kier alpha value is -3.02. The zero-order valence-electron chi connectivity index (χ0n) is 15.4. The topological polar surface area (TPSA) is 158 Å². The largest absolute Gasteiger partial charge is 0.383 e. The highest BCUT2D eigenvalue weighted by Gasteiger charge is 2.20. The van der Waals surface area contributed by atoms with Gasteiger partial charge in [-0.05, 0) is 36.1 Å². The van der Waals surface area contributed by atoms with E-state index in [0.717, 1.165) is 0 Å². The Kier molecular flexibility index (Phi) is 5.82. The summed E-state index contributed by atoms with van der Waals surface area (Å²) in [6.45, 7) is 0.101. The predicted molar refractivity (Wildman–Crippen MR) is 111 cm³/mol. The molecule has 5 N–H and O–H groups in total. The Morgan fingerprint density at radius 3 is 2.31 bits per heavy atom. The van der Waals surface area contributed by atoms with Crippen LogP contribution in [0.15, 0.2) is 63.5 Å². The summed E-state index contributed by atoms with van der Waals surface area (Å²) in [6.07, 6.45) is 4.93. The maximum atomic E-state index is 13.2. The van der Waals surface area contributed by atoms with Crippen LogP contribution in [0.4, 0.5) is 0 Å². The monoisotopic (exact) mass is 430 g/mol. The number of pyridine rings is 1. The third-order valence-electron chi connectivity index (χ3n) is 4.13. The number of hydrogen-bond donors (Lipinski definition) is 3. The van der Waals surface area contributed by atoms with E-state index in [0.29, 0.717) is 22.0 Å². The van der Waals surface area contributed by atoms with Crippen molar-refractivity contribution >= 4 is 27.6 Å². The summed E-state index contributed by atoms with van der Waals surface area (Å²) in [4.78, 5) is 21.7. The van der Waals surface area contributed by atoms with Crippen molar-refractivity contribution in [3.63, 3.8) is 0 Å². The minimum Gasteiger partial charge on any atom is -0.383 e. The molecule has 0 saturated carbocycles. The highest BCUT2D eigenvalue weighted by molar-refractivity contribution is 7.98. The number of aromatic nitrogens is 3. The van der Waals surface area contributed by atoms with Crippen molar-refractivity contribution in [1.29, 1.82) is 5.41 Å². The molecule has 0 bridgehead atoms. The van der Waals surface area contributed by atoms with E-state index in [-0.39, 0.29) is 22.8 Å². The number of sulfonamides is 1. The molecule has 2 heterocycles. The summed E-state index contributed by atoms with van der Waals surface area (Å²) >= 11 is 1.22. The first-order valence-electron chi connectivity index (χ1n) is 8.27. The lowest BCUT2D eigenvalue weighted by Crippen LogP contribution is -2.33. The van der Waals surface area contributed by atoms with Gasteiger partial charge >= 0.3 is 0 Å². The van der Waals surface area contributed by atoms with Gasteiger partial charge < -0.3 is 5.73 Å². The van der Waals surface area contributed by atoms with Gasteiger partial charge in [-0.15, -0.1) is 11.8 Å². The van der Waals surface area contributed by atoms with Gasteiger partial charge in [-0.25, -0.2) is 18.5 Å². The first-order chi connectivity index (χ1) is 13.7. The quantitative estimate of drug-likeness (QED) is 0.228. The molecule has 0 saturated heterocycles. The van der Waals surface area contributed by atoms with Crippen LogP contribution in [0.3, 0.4) is 0 Å². The number of nitrogen functional groups attached to an aromatic ring is 1. The first-order valence-corrected chi connectivity index (χ1v) is 11.0. The maximum absolute atomic E-state index is 13.2. The van der Waals surface area contributed by atoms with Crippen molar-refractivity contribution in [1.82, 2.24) is 14.5 Å². The number of nitrogens with one attached hydrogen (secondary N) is 1. The molecule has 150 valence electrons. The van der Waals surface area contributed by atoms with Crippen molar-refractivity contribution in [2.75, 3.05) is 6.26 Å². The lowest BCUT2D eigenvalue weighted by molar-refractivity contribution is 0.597. The number of thioether (sulfide) groups is 1. The lowest BCUT2D eigenvalue weighted by Gasteiger charge is -2.16. The summed E-state index contributed by atoms with van der Waals surface area (Å²) in [6, 6.07) is 9.32. The summed E-state index contributed by atoms with van der Waals surface area (Å²) in [7, 11) is -3.81. The Bertz CT molecular complexity index is 1220. The Morgan fingerprint density at radius 1 is 1.17 bits per heavy atom. The van der Waals surface area contributed by atoms with Gasteiger partial charge in [0.05, 0.1) is 11.4 Å². The van der Waals surface area contributed by atoms with Gasteiger partial charge in [-0.1, -0.05) is 12.1 Å². The van der Waals surface area contributed by atoms with Crippen LogP contribution < -0.4 is 16.4 Å². The fraction of sp³-hybridized carbons (Fsp3) is 0.111. The highest BCUT2D eigenvalue weighted by atomic mass is 32.2. The molecule has 0 unspecified atom stereocenters. The molecule has 9 nitrogen and oxygen atoms in total. The van der Waals surface area contributed by atoms with Gasteiger partial charge in [0, 0.05) is 18.0 Å². The molecule has 2 aromatic heterocycles. The molecule has 0 spiro atoms. The smallest absolute Gasteiger partial charge is 0.266 e. The van der Waals surface area contributed by atoms with Crippen molar-refractivity contribution in [2.24, 2.45) is 10.9 Å². The third kappa shape index (κ3) is 4.36. The van der Waals surface area contributed by atoms with Gasteiger partial charge in [0.2, 0.25) is 10.0 Å². The van der Waals surface area contributed by atoms with Gasteiger partial charge in [0.1, 0.15) is 22.2 Å². The number of rotatable bonds is 6. The molecule has 29 heavy (non-hydrogen) atoms. The van der Waals surface area contributed by atoms with Gasteiger partial charge in [0.25, 0.3) is 5.56 Å². The van der Waals surface area contributed by atoms with Crippen LogP contribution >= 0.6 is 11.8 Å². The fourth-order valence-electron chi connectivity index (χ4n) is 2.75. The molecule has 3 aromatic rings. The van der Waals surface area contributed by atoms with Crippen LogP contribution in [0.25, 0.3) is 11.4 Å². The minimum atomic E-state index is -3.81. The molecule has 3 rings (SSSR count). The van der Waals surface area contributed by atoms with Crippen LogP contribution in [0.1, 0.15) is 11.1 Å². The average molecular weight is 431 g/mol. The predicted octanol–water partition coefficient (Wildman–Crippen LogP) is 1.01. The van der Waals surface area contributed by atoms with Crippen LogP contribution in [0, 0.1) is 5.41 Å². The molecular formula is C18H18N6O3S2. The molecule has 0 fully saturated rings. The van der Waals surface area contributed by atoms with E-state index in [9.17, 15) is 13.2 Å². The molecule has 0 atom stereocenters. The number of benzene rings is 1. The van der Waals surface area contributed by atoms with Crippen LogP contribution in [-0.2, 0) is 16.6 Å². The molecule has 11 heteroatoms. The van der Waals surface area contributed by atoms with Crippen molar-refractivity contribution in [3.8, 4) is 11.4 Å². The second kappa shape index (κ2) is 8.15. The molecule has 0 aliphatic rings. The van der Waals surface area contributed by atoms with E-state index in [1.807, 2.05) is 0 Å². The number of amidine groups is 1. The third-order valence-corrected chi connectivity index (χ3v) is 5.74. The Morgan fingerprint density at radius 2 is 1.79 bits per heavy atom. The number of nitrogens with two attached hydrogens (primary N) is 2. The standard InChI is InChI=1S/C18H18N6O3S2/c1-28-17-14(15(19)20)18(25)24(16(23-17)12-6-8-22-9-7-12)10-11-2-4-13(5-3-11)29(21,26)27/h2-9H,10H2,1H3,(H3,19,20)(H2,21,26,27). The lowest BCUT2D eigenvalue weighted by atomic mass is 10.2. The minimum absolute atomic E-state index is 0.0245. The second-order valence-electron chi connectivity index (χ2n) is 6.05. The normalized spacial score (nSPS) is 11.4. The summed E-state index contributed by atoms with van der Waals surface area (Å²) in [5.41, 5.74) is 6.53. The molecule has 0 aliphatic carbocycles. The number of nitrogens with zero attached hydrogens (tertiary/aromatic N) is 3. The van der Waals surface area contributed by atoms with Gasteiger partial charge in [-0.2, -0.15) is 0 Å². The van der Waals surface area contributed by atoms with Crippen LogP contribution in [-0.4, -0.2) is 35.0 Å². The Labute approximate surface area is 171 Å². The number of primary sulfonamides is 1. The van der Waals surface area contributed by atoms with E-state index in [1.54, 1.807) is 42.9 Å². The van der Waals surface area contributed by atoms with E-state index in [1.165, 1.54) is 28.5 Å². The Balaban J connectivity index is 2.19. The summed E-state index contributed by atoms with van der Waals surface area (Å²) < 4.78 is 24.3. The van der Waals surface area contributed by atoms with Crippen LogP contribution in [0.5, 0.6) is 0 Å². The summed E-state index contributed by atoms with van der Waals surface area (Å²) in [5, 5.41) is 13.3. The summed E-state index contributed by atoms with van der Waals surface area (Å²) in [5.74, 6) is 0.0220. The van der Waals surface area contributed by atoms with Crippen molar-refractivity contribution in [2.45, 2.75) is 16.5 Å². The fourth-order valence-corrected chi connectivity index (χ4v) is 3.84. The second-order valence-corrected chi connectivity index (χ2v) is 8.41. The maximum Gasteiger partial charge on any atom is 0.266 e. The first kappa shape index (κ1) is 20.7.